The maximum Gasteiger partial charge on any atom is 0.416 e. The number of carboxylic acid groups (broad SMARTS) is 1. The summed E-state index contributed by atoms with van der Waals surface area (Å²) in [5, 5.41) is 10.1. The van der Waals surface area contributed by atoms with Crippen molar-refractivity contribution >= 4 is 21.7 Å². The van der Waals surface area contributed by atoms with E-state index in [1.165, 1.54) is 30.3 Å². The number of hydrogen-bond acceptors (Lipinski definition) is 4. The fraction of sp³-hybridized carbons (Fsp3) is 0.375. The first-order valence-corrected chi connectivity index (χ1v) is 12.2. The molecule has 0 radical (unpaired) electrons. The number of nitrogens with zero attached hydrogens (tertiary/aromatic N) is 1. The summed E-state index contributed by atoms with van der Waals surface area (Å²) in [5.41, 5.74) is -0.445. The second-order valence-corrected chi connectivity index (χ2v) is 9.62. The van der Waals surface area contributed by atoms with Crippen molar-refractivity contribution in [2.75, 3.05) is 4.31 Å². The first-order chi connectivity index (χ1) is 15.9. The quantitative estimate of drug-likeness (QED) is 0.371. The lowest BCUT2D eigenvalue weighted by molar-refractivity contribution is -0.137. The monoisotopic (exact) mass is 499 g/mol. The molecule has 1 N–H and O–H groups in total. The van der Waals surface area contributed by atoms with Crippen molar-refractivity contribution in [3.63, 3.8) is 0 Å². The summed E-state index contributed by atoms with van der Waals surface area (Å²) >= 11 is 0. The average Bonchev–Trinajstić information content (AvgIpc) is 2.75. The molecule has 0 fully saturated rings. The number of allylic oxidation sites excluding steroid dienone is 1. The number of anilines is 1. The van der Waals surface area contributed by atoms with Gasteiger partial charge in [0.05, 0.1) is 16.8 Å². The van der Waals surface area contributed by atoms with Gasteiger partial charge in [0.15, 0.2) is 0 Å². The molecule has 0 saturated heterocycles. The first kappa shape index (κ1) is 27.2. The van der Waals surface area contributed by atoms with Crippen LogP contribution in [0.4, 0.5) is 18.9 Å². The van der Waals surface area contributed by atoms with E-state index in [1.54, 1.807) is 13.8 Å². The minimum absolute atomic E-state index is 0.0229. The smallest absolute Gasteiger partial charge is 0.416 e. The highest BCUT2D eigenvalue weighted by atomic mass is 32.2. The molecule has 0 aliphatic heterocycles. The molecule has 186 valence electrons. The summed E-state index contributed by atoms with van der Waals surface area (Å²) in [6, 6.07) is 7.72. The Labute approximate surface area is 197 Å². The summed E-state index contributed by atoms with van der Waals surface area (Å²) in [6.45, 7) is 5.02. The van der Waals surface area contributed by atoms with Gasteiger partial charge in [0.25, 0.3) is 10.0 Å². The van der Waals surface area contributed by atoms with Crippen LogP contribution in [0.2, 0.25) is 0 Å². The van der Waals surface area contributed by atoms with Crippen LogP contribution in [-0.2, 0) is 22.8 Å². The zero-order chi connectivity index (χ0) is 25.5. The van der Waals surface area contributed by atoms with Gasteiger partial charge in [-0.1, -0.05) is 38.0 Å². The van der Waals surface area contributed by atoms with Crippen LogP contribution in [0.5, 0.6) is 5.75 Å². The van der Waals surface area contributed by atoms with Crippen LogP contribution in [-0.4, -0.2) is 25.5 Å². The molecule has 0 amide bonds. The molecule has 34 heavy (non-hydrogen) atoms. The highest BCUT2D eigenvalue weighted by Gasteiger charge is 2.33. The third kappa shape index (κ3) is 7.24. The van der Waals surface area contributed by atoms with Crippen molar-refractivity contribution in [3.05, 3.63) is 70.6 Å². The van der Waals surface area contributed by atoms with Crippen LogP contribution in [0.3, 0.4) is 0 Å². The Morgan fingerprint density at radius 1 is 1.15 bits per heavy atom. The normalized spacial score (nSPS) is 12.3. The Kier molecular flexibility index (Phi) is 9.14. The lowest BCUT2D eigenvalue weighted by atomic mass is 10.1. The molecular formula is C24H28F3NO5S. The highest BCUT2D eigenvalue weighted by molar-refractivity contribution is 7.95. The van der Waals surface area contributed by atoms with Gasteiger partial charge in [0.1, 0.15) is 12.4 Å². The average molecular weight is 500 g/mol. The molecule has 0 bridgehead atoms. The molecule has 0 spiro atoms. The highest BCUT2D eigenvalue weighted by Crippen LogP contribution is 2.39. The maximum absolute atomic E-state index is 13.4. The second kappa shape index (κ2) is 11.4. The van der Waals surface area contributed by atoms with E-state index < -0.39 is 33.8 Å². The predicted molar refractivity (Wildman–Crippen MR) is 124 cm³/mol. The van der Waals surface area contributed by atoms with Crippen LogP contribution >= 0.6 is 0 Å². The van der Waals surface area contributed by atoms with Gasteiger partial charge in [-0.25, -0.2) is 13.2 Å². The molecular weight excluding hydrogens is 471 g/mol. The Morgan fingerprint density at radius 2 is 1.79 bits per heavy atom. The lowest BCUT2D eigenvalue weighted by Gasteiger charge is -2.29. The number of unbranched alkanes of at least 4 members (excludes halogenated alkanes) is 2. The SMILES string of the molecule is CCCCC=CS(=O)(=O)N(c1ccc(C(F)(F)F)cc1OCc1ccc(C(=O)O)cc1)C(C)C. The first-order valence-electron chi connectivity index (χ1n) is 10.7. The molecule has 2 aromatic rings. The topological polar surface area (TPSA) is 83.9 Å². The van der Waals surface area contributed by atoms with Crippen molar-refractivity contribution < 1.29 is 36.2 Å². The van der Waals surface area contributed by atoms with Crippen LogP contribution in [0.1, 0.15) is 61.5 Å². The fourth-order valence-corrected chi connectivity index (χ4v) is 4.70. The van der Waals surface area contributed by atoms with Crippen LogP contribution in [0.15, 0.2) is 53.9 Å². The Balaban J connectivity index is 2.46. The van der Waals surface area contributed by atoms with Crippen LogP contribution < -0.4 is 9.04 Å². The molecule has 0 heterocycles. The summed E-state index contributed by atoms with van der Waals surface area (Å²) < 4.78 is 72.9. The number of halogens is 3. The number of benzene rings is 2. The number of hydrogen-bond donors (Lipinski definition) is 1. The van der Waals surface area contributed by atoms with Crippen molar-refractivity contribution in [3.8, 4) is 5.75 Å². The molecule has 0 unspecified atom stereocenters. The van der Waals surface area contributed by atoms with E-state index in [0.717, 1.165) is 40.8 Å². The third-order valence-corrected chi connectivity index (χ3v) is 6.56. The van der Waals surface area contributed by atoms with Gasteiger partial charge in [0.2, 0.25) is 0 Å². The number of carbonyl (C=O) groups is 1. The van der Waals surface area contributed by atoms with Gasteiger partial charge < -0.3 is 9.84 Å². The van der Waals surface area contributed by atoms with E-state index >= 15 is 0 Å². The standard InChI is InChI=1S/C24H28F3NO5S/c1-4-5-6-7-14-34(31,32)28(17(2)3)21-13-12-20(24(25,26)27)15-22(21)33-16-18-8-10-19(11-9-18)23(29)30/h7-15,17H,4-6,16H2,1-3H3,(H,29,30). The van der Waals surface area contributed by atoms with Gasteiger partial charge in [-0.3, -0.25) is 4.31 Å². The van der Waals surface area contributed by atoms with Gasteiger partial charge in [0, 0.05) is 11.4 Å². The summed E-state index contributed by atoms with van der Waals surface area (Å²) in [4.78, 5) is 11.0. The van der Waals surface area contributed by atoms with Crippen LogP contribution in [0.25, 0.3) is 0 Å². The molecule has 2 aromatic carbocycles. The molecule has 0 aliphatic carbocycles. The van der Waals surface area contributed by atoms with E-state index in [1.807, 2.05) is 6.92 Å². The second-order valence-electron chi connectivity index (χ2n) is 7.92. The summed E-state index contributed by atoms with van der Waals surface area (Å²) in [6.07, 6.45) is -0.861. The summed E-state index contributed by atoms with van der Waals surface area (Å²) in [7, 11) is -4.00. The zero-order valence-electron chi connectivity index (χ0n) is 19.2. The van der Waals surface area contributed by atoms with E-state index in [9.17, 15) is 26.4 Å². The molecule has 2 rings (SSSR count). The largest absolute Gasteiger partial charge is 0.487 e. The minimum atomic E-state index is -4.65. The Bertz CT molecular complexity index is 1110. The van der Waals surface area contributed by atoms with E-state index in [-0.39, 0.29) is 23.6 Å². The van der Waals surface area contributed by atoms with Crippen molar-refractivity contribution in [1.29, 1.82) is 0 Å². The molecule has 0 aliphatic rings. The number of carboxylic acids is 1. The number of alkyl halides is 3. The van der Waals surface area contributed by atoms with Crippen LogP contribution in [0, 0.1) is 0 Å². The van der Waals surface area contributed by atoms with Gasteiger partial charge >= 0.3 is 12.1 Å². The van der Waals surface area contributed by atoms with Gasteiger partial charge in [-0.2, -0.15) is 13.2 Å². The number of rotatable bonds is 11. The summed E-state index contributed by atoms with van der Waals surface area (Å²) in [5.74, 6) is -1.37. The fourth-order valence-electron chi connectivity index (χ4n) is 3.18. The zero-order valence-corrected chi connectivity index (χ0v) is 20.0. The third-order valence-electron chi connectivity index (χ3n) is 4.86. The van der Waals surface area contributed by atoms with Gasteiger partial charge in [-0.15, -0.1) is 0 Å². The van der Waals surface area contributed by atoms with E-state index in [4.69, 9.17) is 9.84 Å². The Hall–Kier alpha value is -3.01. The molecule has 6 nitrogen and oxygen atoms in total. The predicted octanol–water partition coefficient (Wildman–Crippen LogP) is 6.23. The minimum Gasteiger partial charge on any atom is -0.487 e. The molecule has 10 heteroatoms. The van der Waals surface area contributed by atoms with E-state index in [2.05, 4.69) is 0 Å². The molecule has 0 atom stereocenters. The maximum atomic E-state index is 13.4. The lowest BCUT2D eigenvalue weighted by Crippen LogP contribution is -2.36. The van der Waals surface area contributed by atoms with Gasteiger partial charge in [-0.05, 0) is 56.2 Å². The number of ether oxygens (including phenoxy) is 1. The number of sulfonamides is 1. The number of aromatic carboxylic acids is 1. The molecule has 0 aromatic heterocycles. The van der Waals surface area contributed by atoms with Crippen molar-refractivity contribution in [2.24, 2.45) is 0 Å². The Morgan fingerprint density at radius 3 is 2.32 bits per heavy atom. The molecule has 0 saturated carbocycles. The van der Waals surface area contributed by atoms with Crippen molar-refractivity contribution in [2.45, 2.75) is 58.9 Å². The van der Waals surface area contributed by atoms with Crippen molar-refractivity contribution in [1.82, 2.24) is 0 Å². The van der Waals surface area contributed by atoms with E-state index in [0.29, 0.717) is 12.0 Å².